The Morgan fingerprint density at radius 2 is 2.28 bits per heavy atom. The minimum atomic E-state index is 0.745. The quantitative estimate of drug-likeness (QED) is 0.812. The van der Waals surface area contributed by atoms with Crippen LogP contribution in [0.5, 0.6) is 0 Å². The van der Waals surface area contributed by atoms with E-state index in [4.69, 9.17) is 11.6 Å². The first-order chi connectivity index (χ1) is 8.68. The summed E-state index contributed by atoms with van der Waals surface area (Å²) in [6, 6.07) is 1.94. The molecule has 0 amide bonds. The zero-order valence-corrected chi connectivity index (χ0v) is 11.5. The summed E-state index contributed by atoms with van der Waals surface area (Å²) in [6.45, 7) is 4.53. The standard InChI is InChI=1S/C12H18ClN5/c1-10-12(13)11(17(2)16-10)9-14-5-3-7-18-8-4-6-15-18/h4,6,8,14H,3,5,7,9H2,1-2H3. The first kappa shape index (κ1) is 13.1. The fourth-order valence-corrected chi connectivity index (χ4v) is 2.10. The molecule has 0 fully saturated rings. The Kier molecular flexibility index (Phi) is 4.38. The van der Waals surface area contributed by atoms with E-state index in [0.717, 1.165) is 42.5 Å². The monoisotopic (exact) mass is 267 g/mol. The Morgan fingerprint density at radius 3 is 2.89 bits per heavy atom. The second-order valence-corrected chi connectivity index (χ2v) is 4.65. The van der Waals surface area contributed by atoms with Gasteiger partial charge in [-0.1, -0.05) is 11.6 Å². The van der Waals surface area contributed by atoms with Gasteiger partial charge in [0, 0.05) is 32.5 Å². The normalized spacial score (nSPS) is 11.1. The molecule has 0 aliphatic heterocycles. The molecular formula is C12H18ClN5. The Labute approximate surface area is 112 Å². The highest BCUT2D eigenvalue weighted by atomic mass is 35.5. The van der Waals surface area contributed by atoms with E-state index in [1.165, 1.54) is 0 Å². The molecule has 0 aromatic carbocycles. The van der Waals surface area contributed by atoms with Gasteiger partial charge in [0.25, 0.3) is 0 Å². The molecule has 2 heterocycles. The van der Waals surface area contributed by atoms with E-state index in [1.54, 1.807) is 6.20 Å². The van der Waals surface area contributed by atoms with Crippen molar-refractivity contribution in [3.63, 3.8) is 0 Å². The van der Waals surface area contributed by atoms with Crippen LogP contribution >= 0.6 is 11.6 Å². The van der Waals surface area contributed by atoms with Gasteiger partial charge in [-0.25, -0.2) is 0 Å². The van der Waals surface area contributed by atoms with Crippen molar-refractivity contribution in [1.82, 2.24) is 24.9 Å². The van der Waals surface area contributed by atoms with Gasteiger partial charge in [0.2, 0.25) is 0 Å². The Hall–Kier alpha value is -1.33. The van der Waals surface area contributed by atoms with Crippen molar-refractivity contribution in [2.45, 2.75) is 26.4 Å². The molecule has 0 aliphatic rings. The summed E-state index contributed by atoms with van der Waals surface area (Å²) in [5.41, 5.74) is 1.92. The predicted octanol–water partition coefficient (Wildman–Crippen LogP) is 1.76. The summed E-state index contributed by atoms with van der Waals surface area (Å²) >= 11 is 6.17. The van der Waals surface area contributed by atoms with E-state index >= 15 is 0 Å². The number of aromatic nitrogens is 4. The number of halogens is 1. The first-order valence-corrected chi connectivity index (χ1v) is 6.42. The largest absolute Gasteiger partial charge is 0.311 e. The number of hydrogen-bond donors (Lipinski definition) is 1. The van der Waals surface area contributed by atoms with Gasteiger partial charge in [0.1, 0.15) is 0 Å². The lowest BCUT2D eigenvalue weighted by Gasteiger charge is -2.06. The summed E-state index contributed by atoms with van der Waals surface area (Å²) < 4.78 is 3.76. The van der Waals surface area contributed by atoms with E-state index in [9.17, 15) is 0 Å². The maximum atomic E-state index is 6.17. The van der Waals surface area contributed by atoms with Crippen molar-refractivity contribution >= 4 is 11.6 Å². The minimum absolute atomic E-state index is 0.745. The van der Waals surface area contributed by atoms with Crippen LogP contribution in [0.1, 0.15) is 17.8 Å². The fourth-order valence-electron chi connectivity index (χ4n) is 1.88. The van der Waals surface area contributed by atoms with Crippen molar-refractivity contribution in [2.24, 2.45) is 7.05 Å². The molecule has 0 atom stereocenters. The molecule has 2 aromatic heterocycles. The van der Waals surface area contributed by atoms with Crippen LogP contribution in [-0.4, -0.2) is 26.1 Å². The molecule has 2 rings (SSSR count). The number of aryl methyl sites for hydroxylation is 3. The molecule has 0 unspecified atom stereocenters. The van der Waals surface area contributed by atoms with E-state index in [2.05, 4.69) is 15.5 Å². The third kappa shape index (κ3) is 3.11. The first-order valence-electron chi connectivity index (χ1n) is 6.04. The lowest BCUT2D eigenvalue weighted by Crippen LogP contribution is -2.18. The van der Waals surface area contributed by atoms with Crippen LogP contribution in [0, 0.1) is 6.92 Å². The smallest absolute Gasteiger partial charge is 0.0860 e. The van der Waals surface area contributed by atoms with Crippen LogP contribution in [0.4, 0.5) is 0 Å². The molecule has 0 saturated carbocycles. The molecule has 98 valence electrons. The maximum absolute atomic E-state index is 6.17. The number of rotatable bonds is 6. The average molecular weight is 268 g/mol. The molecule has 5 nitrogen and oxygen atoms in total. The van der Waals surface area contributed by atoms with Crippen molar-refractivity contribution in [1.29, 1.82) is 0 Å². The molecular weight excluding hydrogens is 250 g/mol. The van der Waals surface area contributed by atoms with Crippen molar-refractivity contribution < 1.29 is 0 Å². The molecule has 18 heavy (non-hydrogen) atoms. The molecule has 1 N–H and O–H groups in total. The molecule has 0 aliphatic carbocycles. The third-order valence-corrected chi connectivity index (χ3v) is 3.35. The van der Waals surface area contributed by atoms with E-state index in [0.29, 0.717) is 0 Å². The summed E-state index contributed by atoms with van der Waals surface area (Å²) in [7, 11) is 1.92. The zero-order valence-electron chi connectivity index (χ0n) is 10.7. The highest BCUT2D eigenvalue weighted by Crippen LogP contribution is 2.18. The number of hydrogen-bond acceptors (Lipinski definition) is 3. The van der Waals surface area contributed by atoms with Crippen LogP contribution in [-0.2, 0) is 20.1 Å². The Bertz CT molecular complexity index is 489. The molecule has 2 aromatic rings. The van der Waals surface area contributed by atoms with Crippen LogP contribution < -0.4 is 5.32 Å². The van der Waals surface area contributed by atoms with Gasteiger partial charge in [-0.15, -0.1) is 0 Å². The molecule has 6 heteroatoms. The van der Waals surface area contributed by atoms with Gasteiger partial charge >= 0.3 is 0 Å². The Morgan fingerprint density at radius 1 is 1.44 bits per heavy atom. The summed E-state index contributed by atoms with van der Waals surface area (Å²) in [5, 5.41) is 12.6. The third-order valence-electron chi connectivity index (χ3n) is 2.85. The van der Waals surface area contributed by atoms with Gasteiger partial charge in [0.05, 0.1) is 16.4 Å². The lowest BCUT2D eigenvalue weighted by molar-refractivity contribution is 0.534. The van der Waals surface area contributed by atoms with E-state index in [1.807, 2.05) is 35.6 Å². The molecule has 0 radical (unpaired) electrons. The SMILES string of the molecule is Cc1nn(C)c(CNCCCn2cccn2)c1Cl. The zero-order chi connectivity index (χ0) is 13.0. The molecule has 0 bridgehead atoms. The summed E-state index contributed by atoms with van der Waals surface area (Å²) in [6.07, 6.45) is 4.81. The molecule has 0 spiro atoms. The highest BCUT2D eigenvalue weighted by Gasteiger charge is 2.09. The molecule has 0 saturated heterocycles. The van der Waals surface area contributed by atoms with Crippen LogP contribution in [0.15, 0.2) is 18.5 Å². The topological polar surface area (TPSA) is 47.7 Å². The maximum Gasteiger partial charge on any atom is 0.0860 e. The van der Waals surface area contributed by atoms with Gasteiger partial charge in [-0.2, -0.15) is 10.2 Å². The highest BCUT2D eigenvalue weighted by molar-refractivity contribution is 6.31. The van der Waals surface area contributed by atoms with E-state index < -0.39 is 0 Å². The van der Waals surface area contributed by atoms with Crippen LogP contribution in [0.3, 0.4) is 0 Å². The Balaban J connectivity index is 1.72. The lowest BCUT2D eigenvalue weighted by atomic mass is 10.3. The van der Waals surface area contributed by atoms with Gasteiger partial charge < -0.3 is 5.32 Å². The van der Waals surface area contributed by atoms with Gasteiger partial charge in [-0.3, -0.25) is 9.36 Å². The van der Waals surface area contributed by atoms with Crippen molar-refractivity contribution in [2.75, 3.05) is 6.54 Å². The van der Waals surface area contributed by atoms with Crippen molar-refractivity contribution in [3.05, 3.63) is 34.9 Å². The summed E-state index contributed by atoms with van der Waals surface area (Å²) in [5.74, 6) is 0. The number of nitrogens with one attached hydrogen (secondary N) is 1. The average Bonchev–Trinajstić information content (AvgIpc) is 2.92. The van der Waals surface area contributed by atoms with Gasteiger partial charge in [0.15, 0.2) is 0 Å². The minimum Gasteiger partial charge on any atom is -0.311 e. The predicted molar refractivity (Wildman–Crippen MR) is 71.5 cm³/mol. The van der Waals surface area contributed by atoms with Crippen LogP contribution in [0.2, 0.25) is 5.02 Å². The fraction of sp³-hybridized carbons (Fsp3) is 0.500. The van der Waals surface area contributed by atoms with Crippen molar-refractivity contribution in [3.8, 4) is 0 Å². The second kappa shape index (κ2) is 6.02. The number of nitrogens with zero attached hydrogens (tertiary/aromatic N) is 4. The van der Waals surface area contributed by atoms with Gasteiger partial charge in [-0.05, 0) is 26.0 Å². The van der Waals surface area contributed by atoms with E-state index in [-0.39, 0.29) is 0 Å². The summed E-state index contributed by atoms with van der Waals surface area (Å²) in [4.78, 5) is 0. The second-order valence-electron chi connectivity index (χ2n) is 4.27. The van der Waals surface area contributed by atoms with Crippen LogP contribution in [0.25, 0.3) is 0 Å².